The summed E-state index contributed by atoms with van der Waals surface area (Å²) < 4.78 is 2.03. The first kappa shape index (κ1) is 20.1. The summed E-state index contributed by atoms with van der Waals surface area (Å²) in [5, 5.41) is 11.0. The third kappa shape index (κ3) is 4.03. The van der Waals surface area contributed by atoms with Gasteiger partial charge in [-0.2, -0.15) is 0 Å². The zero-order chi connectivity index (χ0) is 22.1. The largest absolute Gasteiger partial charge is 0.360 e. The topological polar surface area (TPSA) is 109 Å². The Kier molecular flexibility index (Phi) is 5.26. The van der Waals surface area contributed by atoms with Gasteiger partial charge < -0.3 is 19.7 Å². The third-order valence-corrected chi connectivity index (χ3v) is 5.77. The molecular formula is C22H24N8O2. The first-order chi connectivity index (χ1) is 15.6. The SMILES string of the molecule is CCN1CCN(c2ccnc(C(=O)Nc3cccc(-c4nncn4C4CC4)n3)c2)CC1=O. The van der Waals surface area contributed by atoms with Gasteiger partial charge in [-0.05, 0) is 44.0 Å². The fourth-order valence-electron chi connectivity index (χ4n) is 3.86. The summed E-state index contributed by atoms with van der Waals surface area (Å²) in [4.78, 5) is 37.6. The molecule has 1 N–H and O–H groups in total. The predicted molar refractivity (Wildman–Crippen MR) is 118 cm³/mol. The van der Waals surface area contributed by atoms with Crippen molar-refractivity contribution in [3.63, 3.8) is 0 Å². The van der Waals surface area contributed by atoms with Crippen LogP contribution in [0.4, 0.5) is 11.5 Å². The molecule has 10 nitrogen and oxygen atoms in total. The van der Waals surface area contributed by atoms with Crippen LogP contribution in [-0.2, 0) is 4.79 Å². The molecule has 3 aromatic heterocycles. The molecule has 10 heteroatoms. The zero-order valence-electron chi connectivity index (χ0n) is 17.8. The molecule has 0 bridgehead atoms. The van der Waals surface area contributed by atoms with Gasteiger partial charge in [0.1, 0.15) is 23.5 Å². The van der Waals surface area contributed by atoms with Crippen molar-refractivity contribution in [2.75, 3.05) is 36.4 Å². The second-order valence-electron chi connectivity index (χ2n) is 7.95. The van der Waals surface area contributed by atoms with Gasteiger partial charge >= 0.3 is 0 Å². The number of aromatic nitrogens is 5. The van der Waals surface area contributed by atoms with Crippen LogP contribution in [0.3, 0.4) is 0 Å². The third-order valence-electron chi connectivity index (χ3n) is 5.77. The lowest BCUT2D eigenvalue weighted by molar-refractivity contribution is -0.130. The van der Waals surface area contributed by atoms with Crippen LogP contribution in [0, 0.1) is 0 Å². The van der Waals surface area contributed by atoms with Crippen LogP contribution in [0.25, 0.3) is 11.5 Å². The Morgan fingerprint density at radius 1 is 1.22 bits per heavy atom. The normalized spacial score (nSPS) is 16.3. The fraction of sp³-hybridized carbons (Fsp3) is 0.364. The van der Waals surface area contributed by atoms with E-state index in [1.807, 2.05) is 39.5 Å². The maximum atomic E-state index is 12.9. The maximum absolute atomic E-state index is 12.9. The molecule has 5 rings (SSSR count). The number of piperazine rings is 1. The minimum absolute atomic E-state index is 0.0848. The first-order valence-electron chi connectivity index (χ1n) is 10.8. The van der Waals surface area contributed by atoms with E-state index in [0.29, 0.717) is 43.0 Å². The Bertz CT molecular complexity index is 1160. The number of rotatable bonds is 6. The molecule has 1 saturated carbocycles. The highest BCUT2D eigenvalue weighted by molar-refractivity contribution is 6.03. The van der Waals surface area contributed by atoms with Gasteiger partial charge in [0.2, 0.25) is 5.91 Å². The highest BCUT2D eigenvalue weighted by Gasteiger charge is 2.27. The quantitative estimate of drug-likeness (QED) is 0.634. The van der Waals surface area contributed by atoms with Crippen LogP contribution in [0.2, 0.25) is 0 Å². The maximum Gasteiger partial charge on any atom is 0.275 e. The molecule has 0 unspecified atom stereocenters. The lowest BCUT2D eigenvalue weighted by atomic mass is 10.2. The molecule has 2 aliphatic rings. The average molecular weight is 432 g/mol. The number of anilines is 2. The number of carbonyl (C=O) groups excluding carboxylic acids is 2. The molecule has 0 aromatic carbocycles. The van der Waals surface area contributed by atoms with Gasteiger partial charge in [0.05, 0.1) is 6.54 Å². The van der Waals surface area contributed by atoms with Gasteiger partial charge in [-0.3, -0.25) is 14.6 Å². The average Bonchev–Trinajstić information content (AvgIpc) is 3.55. The smallest absolute Gasteiger partial charge is 0.275 e. The van der Waals surface area contributed by atoms with Crippen molar-refractivity contribution in [1.29, 1.82) is 0 Å². The Hall–Kier alpha value is -3.82. The van der Waals surface area contributed by atoms with Crippen molar-refractivity contribution < 1.29 is 9.59 Å². The summed E-state index contributed by atoms with van der Waals surface area (Å²) in [6.45, 7) is 4.36. The van der Waals surface area contributed by atoms with E-state index in [9.17, 15) is 9.59 Å². The summed E-state index contributed by atoms with van der Waals surface area (Å²) in [5.74, 6) is 0.830. The van der Waals surface area contributed by atoms with E-state index in [4.69, 9.17) is 0 Å². The van der Waals surface area contributed by atoms with Crippen LogP contribution in [0.1, 0.15) is 36.3 Å². The van der Waals surface area contributed by atoms with Crippen molar-refractivity contribution in [2.24, 2.45) is 0 Å². The van der Waals surface area contributed by atoms with Crippen molar-refractivity contribution in [3.05, 3.63) is 48.5 Å². The number of amides is 2. The molecule has 0 radical (unpaired) electrons. The van der Waals surface area contributed by atoms with Gasteiger partial charge in [-0.15, -0.1) is 10.2 Å². The Morgan fingerprint density at radius 3 is 2.88 bits per heavy atom. The van der Waals surface area contributed by atoms with E-state index >= 15 is 0 Å². The lowest BCUT2D eigenvalue weighted by Gasteiger charge is -2.35. The molecule has 4 heterocycles. The molecule has 1 aliphatic heterocycles. The van der Waals surface area contributed by atoms with Crippen LogP contribution >= 0.6 is 0 Å². The van der Waals surface area contributed by atoms with E-state index < -0.39 is 0 Å². The van der Waals surface area contributed by atoms with Crippen LogP contribution in [0.5, 0.6) is 0 Å². The Balaban J connectivity index is 1.31. The molecule has 2 fully saturated rings. The number of likely N-dealkylation sites (N-methyl/N-ethyl adjacent to an activating group) is 1. The fourth-order valence-corrected chi connectivity index (χ4v) is 3.86. The van der Waals surface area contributed by atoms with Gasteiger partial charge in [0.25, 0.3) is 5.91 Å². The standard InChI is InChI=1S/C22H24N8O2/c1-2-28-10-11-29(13-20(28)31)16-8-9-23-18(12-16)22(32)26-19-5-3-4-17(25-19)21-27-24-14-30(21)15-6-7-15/h3-5,8-9,12,14-15H,2,6-7,10-11,13H2,1H3,(H,25,26,32). The van der Waals surface area contributed by atoms with Gasteiger partial charge in [-0.25, -0.2) is 4.98 Å². The summed E-state index contributed by atoms with van der Waals surface area (Å²) in [5.41, 5.74) is 1.72. The first-order valence-corrected chi connectivity index (χ1v) is 10.8. The van der Waals surface area contributed by atoms with Crippen molar-refractivity contribution in [3.8, 4) is 11.5 Å². The molecule has 3 aromatic rings. The highest BCUT2D eigenvalue weighted by Crippen LogP contribution is 2.37. The summed E-state index contributed by atoms with van der Waals surface area (Å²) in [7, 11) is 0. The number of nitrogens with one attached hydrogen (secondary N) is 1. The number of hydrogen-bond donors (Lipinski definition) is 1. The minimum Gasteiger partial charge on any atom is -0.360 e. The summed E-state index contributed by atoms with van der Waals surface area (Å²) in [6.07, 6.45) is 5.54. The molecule has 1 saturated heterocycles. The minimum atomic E-state index is -0.362. The zero-order valence-corrected chi connectivity index (χ0v) is 17.8. The van der Waals surface area contributed by atoms with Crippen molar-refractivity contribution in [2.45, 2.75) is 25.8 Å². The second-order valence-corrected chi connectivity index (χ2v) is 7.95. The van der Waals surface area contributed by atoms with Gasteiger partial charge in [0, 0.05) is 37.6 Å². The van der Waals surface area contributed by atoms with Gasteiger partial charge in [-0.1, -0.05) is 6.07 Å². The molecule has 1 aliphatic carbocycles. The molecule has 164 valence electrons. The van der Waals surface area contributed by atoms with E-state index in [1.54, 1.807) is 24.7 Å². The summed E-state index contributed by atoms with van der Waals surface area (Å²) >= 11 is 0. The number of nitrogens with zero attached hydrogens (tertiary/aromatic N) is 7. The highest BCUT2D eigenvalue weighted by atomic mass is 16.2. The van der Waals surface area contributed by atoms with Crippen LogP contribution < -0.4 is 10.2 Å². The van der Waals surface area contributed by atoms with E-state index in [-0.39, 0.29) is 17.5 Å². The lowest BCUT2D eigenvalue weighted by Crippen LogP contribution is -2.50. The Labute approximate surface area is 185 Å². The van der Waals surface area contributed by atoms with Crippen molar-refractivity contribution in [1.82, 2.24) is 29.6 Å². The van der Waals surface area contributed by atoms with E-state index in [2.05, 4.69) is 25.5 Å². The molecule has 32 heavy (non-hydrogen) atoms. The van der Waals surface area contributed by atoms with Crippen LogP contribution in [0.15, 0.2) is 42.9 Å². The second kappa shape index (κ2) is 8.37. The number of carbonyl (C=O) groups is 2. The predicted octanol–water partition coefficient (Wildman–Crippen LogP) is 1.99. The Morgan fingerprint density at radius 2 is 2.09 bits per heavy atom. The van der Waals surface area contributed by atoms with E-state index in [0.717, 1.165) is 25.1 Å². The van der Waals surface area contributed by atoms with E-state index in [1.165, 1.54) is 0 Å². The molecule has 0 atom stereocenters. The molecule has 2 amide bonds. The number of hydrogen-bond acceptors (Lipinski definition) is 7. The monoisotopic (exact) mass is 432 g/mol. The van der Waals surface area contributed by atoms with Crippen molar-refractivity contribution >= 4 is 23.3 Å². The number of pyridine rings is 2. The molecule has 0 spiro atoms. The van der Waals surface area contributed by atoms with Crippen LogP contribution in [-0.4, -0.2) is 67.6 Å². The van der Waals surface area contributed by atoms with Gasteiger partial charge in [0.15, 0.2) is 5.82 Å². The summed E-state index contributed by atoms with van der Waals surface area (Å²) in [6, 6.07) is 9.36. The molecular weight excluding hydrogens is 408 g/mol.